The molecule has 25 heavy (non-hydrogen) atoms. The quantitative estimate of drug-likeness (QED) is 0.457. The van der Waals surface area contributed by atoms with Gasteiger partial charge in [0.2, 0.25) is 0 Å². The van der Waals surface area contributed by atoms with Crippen LogP contribution in [0.4, 0.5) is 15.3 Å². The van der Waals surface area contributed by atoms with Crippen LogP contribution in [0.3, 0.4) is 0 Å². The Labute approximate surface area is 149 Å². The molecule has 1 aromatic rings. The number of amides is 2. The second-order valence-electron chi connectivity index (χ2n) is 6.62. The second-order valence-corrected chi connectivity index (χ2v) is 6.93. The Bertz CT molecular complexity index is 670. The molecule has 0 bridgehead atoms. The van der Waals surface area contributed by atoms with E-state index in [-0.39, 0.29) is 18.0 Å². The van der Waals surface area contributed by atoms with Crippen molar-refractivity contribution >= 4 is 29.5 Å². The van der Waals surface area contributed by atoms with Crippen LogP contribution in [0.1, 0.15) is 26.3 Å². The van der Waals surface area contributed by atoms with E-state index in [0.29, 0.717) is 5.56 Å². The number of nitro groups is 1. The highest BCUT2D eigenvalue weighted by Crippen LogP contribution is 2.27. The number of carbonyl (C=O) groups is 2. The standard InChI is InChI=1S/C16H19ClN2O6/c1-16(2,3)25-15(21)18-12(13(9-17)24-14(18)20)8-10-4-6-11(7-5-10)19(22)23/h4-7,12-13H,8-9H2,1-3H3. The predicted molar refractivity (Wildman–Crippen MR) is 89.7 cm³/mol. The third-order valence-electron chi connectivity index (χ3n) is 3.54. The Morgan fingerprint density at radius 3 is 2.44 bits per heavy atom. The van der Waals surface area contributed by atoms with E-state index in [1.807, 2.05) is 0 Å². The summed E-state index contributed by atoms with van der Waals surface area (Å²) in [7, 11) is 0. The predicted octanol–water partition coefficient (Wildman–Crippen LogP) is 3.50. The second kappa shape index (κ2) is 7.26. The summed E-state index contributed by atoms with van der Waals surface area (Å²) in [5, 5.41) is 10.7. The van der Waals surface area contributed by atoms with Gasteiger partial charge in [-0.05, 0) is 32.8 Å². The molecule has 1 fully saturated rings. The van der Waals surface area contributed by atoms with Gasteiger partial charge < -0.3 is 9.47 Å². The van der Waals surface area contributed by atoms with Gasteiger partial charge in [-0.1, -0.05) is 12.1 Å². The average molecular weight is 371 g/mol. The van der Waals surface area contributed by atoms with Crippen molar-refractivity contribution in [2.45, 2.75) is 44.9 Å². The summed E-state index contributed by atoms with van der Waals surface area (Å²) in [4.78, 5) is 35.6. The highest BCUT2D eigenvalue weighted by Gasteiger charge is 2.46. The molecule has 1 aliphatic heterocycles. The molecule has 0 aliphatic carbocycles. The maximum atomic E-state index is 12.3. The Hall–Kier alpha value is -2.35. The minimum atomic E-state index is -0.813. The lowest BCUT2D eigenvalue weighted by atomic mass is 10.0. The van der Waals surface area contributed by atoms with Gasteiger partial charge in [-0.3, -0.25) is 10.1 Å². The maximum absolute atomic E-state index is 12.3. The fraction of sp³-hybridized carbons (Fsp3) is 0.500. The normalized spacial score (nSPS) is 20.3. The fourth-order valence-electron chi connectivity index (χ4n) is 2.44. The van der Waals surface area contributed by atoms with Crippen LogP contribution >= 0.6 is 11.6 Å². The molecule has 1 heterocycles. The lowest BCUT2D eigenvalue weighted by Crippen LogP contribution is -2.45. The lowest BCUT2D eigenvalue weighted by molar-refractivity contribution is -0.384. The molecule has 136 valence electrons. The molecule has 0 N–H and O–H groups in total. The van der Waals surface area contributed by atoms with Crippen molar-refractivity contribution in [1.82, 2.24) is 4.90 Å². The molecular weight excluding hydrogens is 352 g/mol. The Kier molecular flexibility index (Phi) is 5.52. The Morgan fingerprint density at radius 1 is 1.36 bits per heavy atom. The first-order valence-corrected chi connectivity index (χ1v) is 8.18. The van der Waals surface area contributed by atoms with Crippen LogP contribution in [0.2, 0.25) is 0 Å². The molecule has 2 amide bonds. The molecule has 1 aromatic carbocycles. The summed E-state index contributed by atoms with van der Waals surface area (Å²) in [5.74, 6) is 0.0166. The van der Waals surface area contributed by atoms with Crippen molar-refractivity contribution in [3.8, 4) is 0 Å². The van der Waals surface area contributed by atoms with Crippen molar-refractivity contribution in [2.24, 2.45) is 0 Å². The minimum Gasteiger partial charge on any atom is -0.443 e. The van der Waals surface area contributed by atoms with Gasteiger partial charge in [0.15, 0.2) is 0 Å². The number of nitrogens with zero attached hydrogens (tertiary/aromatic N) is 2. The van der Waals surface area contributed by atoms with Gasteiger partial charge in [0.05, 0.1) is 16.8 Å². The van der Waals surface area contributed by atoms with E-state index in [4.69, 9.17) is 21.1 Å². The molecular formula is C16H19ClN2O6. The van der Waals surface area contributed by atoms with Gasteiger partial charge in [0.1, 0.15) is 11.7 Å². The largest absolute Gasteiger partial charge is 0.443 e. The lowest BCUT2D eigenvalue weighted by Gasteiger charge is -2.26. The number of nitro benzene ring substituents is 1. The molecule has 0 radical (unpaired) electrons. The van der Waals surface area contributed by atoms with Crippen molar-refractivity contribution in [2.75, 3.05) is 5.88 Å². The van der Waals surface area contributed by atoms with E-state index in [9.17, 15) is 19.7 Å². The molecule has 1 saturated heterocycles. The fourth-order valence-corrected chi connectivity index (χ4v) is 2.71. The van der Waals surface area contributed by atoms with Crippen LogP contribution in [0, 0.1) is 10.1 Å². The highest BCUT2D eigenvalue weighted by molar-refractivity contribution is 6.18. The van der Waals surface area contributed by atoms with Crippen LogP contribution in [0.15, 0.2) is 24.3 Å². The molecule has 2 rings (SSSR count). The number of non-ortho nitro benzene ring substituents is 1. The highest BCUT2D eigenvalue weighted by atomic mass is 35.5. The summed E-state index contributed by atoms with van der Waals surface area (Å²) in [5.41, 5.74) is -0.105. The van der Waals surface area contributed by atoms with Crippen molar-refractivity contribution in [3.05, 3.63) is 39.9 Å². The zero-order valence-electron chi connectivity index (χ0n) is 14.1. The number of carbonyl (C=O) groups excluding carboxylic acids is 2. The van der Waals surface area contributed by atoms with Crippen LogP contribution in [-0.4, -0.2) is 45.6 Å². The summed E-state index contributed by atoms with van der Waals surface area (Å²) < 4.78 is 10.4. The van der Waals surface area contributed by atoms with Crippen LogP contribution in [0.5, 0.6) is 0 Å². The van der Waals surface area contributed by atoms with Crippen molar-refractivity contribution < 1.29 is 24.0 Å². The monoisotopic (exact) mass is 370 g/mol. The van der Waals surface area contributed by atoms with E-state index in [1.54, 1.807) is 32.9 Å². The van der Waals surface area contributed by atoms with E-state index in [0.717, 1.165) is 4.90 Å². The molecule has 0 spiro atoms. The SMILES string of the molecule is CC(C)(C)OC(=O)N1C(=O)OC(CCl)C1Cc1ccc([N+](=O)[O-])cc1. The number of rotatable bonds is 4. The molecule has 2 unspecified atom stereocenters. The molecule has 8 nitrogen and oxygen atoms in total. The molecule has 2 atom stereocenters. The van der Waals surface area contributed by atoms with Gasteiger partial charge in [-0.2, -0.15) is 0 Å². The van der Waals surface area contributed by atoms with Crippen molar-refractivity contribution in [1.29, 1.82) is 0 Å². The molecule has 0 saturated carbocycles. The third-order valence-corrected chi connectivity index (χ3v) is 3.85. The maximum Gasteiger partial charge on any atom is 0.420 e. The summed E-state index contributed by atoms with van der Waals surface area (Å²) in [6.07, 6.45) is -2.05. The smallest absolute Gasteiger partial charge is 0.420 e. The van der Waals surface area contributed by atoms with Crippen LogP contribution in [0.25, 0.3) is 0 Å². The van der Waals surface area contributed by atoms with Crippen LogP contribution < -0.4 is 0 Å². The number of imide groups is 1. The van der Waals surface area contributed by atoms with Gasteiger partial charge in [-0.25, -0.2) is 14.5 Å². The average Bonchev–Trinajstić information content (AvgIpc) is 2.81. The van der Waals surface area contributed by atoms with E-state index in [2.05, 4.69) is 0 Å². The number of ether oxygens (including phenoxy) is 2. The third kappa shape index (κ3) is 4.60. The van der Waals surface area contributed by atoms with Crippen LogP contribution in [-0.2, 0) is 15.9 Å². The first-order chi connectivity index (χ1) is 11.6. The number of alkyl halides is 1. The zero-order chi connectivity index (χ0) is 18.8. The summed E-state index contributed by atoms with van der Waals surface area (Å²) in [6, 6.07) is 5.21. The zero-order valence-corrected chi connectivity index (χ0v) is 14.9. The number of hydrogen-bond acceptors (Lipinski definition) is 6. The Balaban J connectivity index is 2.22. The van der Waals surface area contributed by atoms with E-state index in [1.165, 1.54) is 12.1 Å². The van der Waals surface area contributed by atoms with Gasteiger partial charge in [0, 0.05) is 12.1 Å². The van der Waals surface area contributed by atoms with E-state index >= 15 is 0 Å². The van der Waals surface area contributed by atoms with Gasteiger partial charge in [-0.15, -0.1) is 11.6 Å². The Morgan fingerprint density at radius 2 is 1.96 bits per heavy atom. The first kappa shape index (κ1) is 19.0. The van der Waals surface area contributed by atoms with Crippen molar-refractivity contribution in [3.63, 3.8) is 0 Å². The van der Waals surface area contributed by atoms with Gasteiger partial charge >= 0.3 is 12.2 Å². The molecule has 0 aromatic heterocycles. The summed E-state index contributed by atoms with van der Waals surface area (Å²) in [6.45, 7) is 5.07. The molecule has 9 heteroatoms. The minimum absolute atomic E-state index is 0.0166. The number of cyclic esters (lactones) is 1. The van der Waals surface area contributed by atoms with Gasteiger partial charge in [0.25, 0.3) is 5.69 Å². The molecule has 1 aliphatic rings. The summed E-state index contributed by atoms with van der Waals surface area (Å²) >= 11 is 5.86. The number of benzene rings is 1. The first-order valence-electron chi connectivity index (χ1n) is 7.64. The topological polar surface area (TPSA) is 99.0 Å². The van der Waals surface area contributed by atoms with E-state index < -0.39 is 34.9 Å². The number of hydrogen-bond donors (Lipinski definition) is 0. The number of halogens is 1.